The maximum Gasteiger partial charge on any atom is 0.272 e. The highest BCUT2D eigenvalue weighted by Gasteiger charge is 2.40. The maximum absolute atomic E-state index is 13.5. The molecule has 1 aromatic heterocycles. The number of hydrogen-bond acceptors (Lipinski definition) is 5. The van der Waals surface area contributed by atoms with Gasteiger partial charge in [-0.2, -0.15) is 0 Å². The molecule has 0 spiro atoms. The van der Waals surface area contributed by atoms with Crippen LogP contribution in [-0.2, 0) is 15.3 Å². The predicted octanol–water partition coefficient (Wildman–Crippen LogP) is 5.12. The van der Waals surface area contributed by atoms with Gasteiger partial charge in [0.15, 0.2) is 0 Å². The monoisotopic (exact) mass is 419 g/mol. The number of carbonyl (C=O) groups excluding carboxylic acids is 2. The standard InChI is InChI=1S/C24H21NO4S/c1-15-6-4-8-20(16(15)2)25-23(26)21(17-9-11-18(28-3)12-10-17)22(24(25)27)30-14-19-7-5-13-29-19/h4-13H,14H2,1-3H3. The van der Waals surface area contributed by atoms with Crippen LogP contribution in [0.25, 0.3) is 5.57 Å². The molecule has 1 aliphatic rings. The van der Waals surface area contributed by atoms with Crippen LogP contribution in [0.15, 0.2) is 70.2 Å². The molecule has 0 unspecified atom stereocenters. The van der Waals surface area contributed by atoms with E-state index in [1.54, 1.807) is 43.7 Å². The SMILES string of the molecule is COc1ccc(C2=C(SCc3ccco3)C(=O)N(c3cccc(C)c3C)C2=O)cc1. The zero-order valence-electron chi connectivity index (χ0n) is 17.0. The van der Waals surface area contributed by atoms with E-state index in [0.29, 0.717) is 33.2 Å². The number of carbonyl (C=O) groups is 2. The number of aryl methyl sites for hydroxylation is 1. The molecule has 2 heterocycles. The van der Waals surface area contributed by atoms with Gasteiger partial charge in [-0.05, 0) is 60.9 Å². The first-order chi connectivity index (χ1) is 14.5. The zero-order valence-corrected chi connectivity index (χ0v) is 17.8. The highest BCUT2D eigenvalue weighted by Crippen LogP contribution is 2.41. The molecule has 2 amide bonds. The van der Waals surface area contributed by atoms with Crippen LogP contribution in [0.1, 0.15) is 22.5 Å². The highest BCUT2D eigenvalue weighted by molar-refractivity contribution is 8.03. The van der Waals surface area contributed by atoms with Crippen LogP contribution >= 0.6 is 11.8 Å². The third kappa shape index (κ3) is 3.55. The number of amides is 2. The van der Waals surface area contributed by atoms with E-state index in [9.17, 15) is 9.59 Å². The van der Waals surface area contributed by atoms with E-state index in [-0.39, 0.29) is 11.8 Å². The molecular formula is C24H21NO4S. The Balaban J connectivity index is 1.77. The van der Waals surface area contributed by atoms with Crippen molar-refractivity contribution in [3.05, 3.63) is 88.2 Å². The van der Waals surface area contributed by atoms with Crippen LogP contribution in [0.2, 0.25) is 0 Å². The Hall–Kier alpha value is -3.25. The van der Waals surface area contributed by atoms with Gasteiger partial charge >= 0.3 is 0 Å². The highest BCUT2D eigenvalue weighted by atomic mass is 32.2. The number of furan rings is 1. The Kier molecular flexibility index (Phi) is 5.50. The average Bonchev–Trinajstić information content (AvgIpc) is 3.35. The third-order valence-electron chi connectivity index (χ3n) is 5.18. The molecular weight excluding hydrogens is 398 g/mol. The molecule has 152 valence electrons. The van der Waals surface area contributed by atoms with Gasteiger partial charge < -0.3 is 9.15 Å². The lowest BCUT2D eigenvalue weighted by Gasteiger charge is -2.19. The van der Waals surface area contributed by atoms with Crippen LogP contribution in [0.3, 0.4) is 0 Å². The fraction of sp³-hybridized carbons (Fsp3) is 0.167. The molecule has 0 fully saturated rings. The summed E-state index contributed by atoms with van der Waals surface area (Å²) >= 11 is 1.32. The van der Waals surface area contributed by atoms with E-state index in [4.69, 9.17) is 9.15 Å². The van der Waals surface area contributed by atoms with E-state index in [0.717, 1.165) is 16.9 Å². The smallest absolute Gasteiger partial charge is 0.272 e. The van der Waals surface area contributed by atoms with Crippen LogP contribution in [0.5, 0.6) is 5.75 Å². The number of imide groups is 1. The summed E-state index contributed by atoms with van der Waals surface area (Å²) in [5.74, 6) is 1.26. The lowest BCUT2D eigenvalue weighted by atomic mass is 10.1. The Bertz CT molecular complexity index is 1130. The molecule has 1 aliphatic heterocycles. The van der Waals surface area contributed by atoms with E-state index < -0.39 is 0 Å². The van der Waals surface area contributed by atoms with Crippen molar-refractivity contribution in [2.45, 2.75) is 19.6 Å². The molecule has 5 nitrogen and oxygen atoms in total. The summed E-state index contributed by atoms with van der Waals surface area (Å²) < 4.78 is 10.6. The van der Waals surface area contributed by atoms with Crippen molar-refractivity contribution in [2.75, 3.05) is 12.0 Å². The Morgan fingerprint density at radius 2 is 1.73 bits per heavy atom. The molecule has 30 heavy (non-hydrogen) atoms. The summed E-state index contributed by atoms with van der Waals surface area (Å²) in [7, 11) is 1.59. The number of ether oxygens (including phenoxy) is 1. The summed E-state index contributed by atoms with van der Waals surface area (Å²) in [5, 5.41) is 0. The number of nitrogens with zero attached hydrogens (tertiary/aromatic N) is 1. The van der Waals surface area contributed by atoms with E-state index in [1.807, 2.05) is 38.1 Å². The summed E-state index contributed by atoms with van der Waals surface area (Å²) in [6.45, 7) is 3.89. The van der Waals surface area contributed by atoms with Gasteiger partial charge in [0.1, 0.15) is 11.5 Å². The summed E-state index contributed by atoms with van der Waals surface area (Å²) in [6, 6.07) is 16.5. The molecule has 0 atom stereocenters. The number of thioether (sulfide) groups is 1. The first kappa shape index (κ1) is 20.0. The number of anilines is 1. The molecule has 3 aromatic rings. The molecule has 0 radical (unpaired) electrons. The van der Waals surface area contributed by atoms with Crippen molar-refractivity contribution in [3.8, 4) is 5.75 Å². The number of hydrogen-bond donors (Lipinski definition) is 0. The normalized spacial score (nSPS) is 14.0. The van der Waals surface area contributed by atoms with Gasteiger partial charge in [-0.1, -0.05) is 24.3 Å². The van der Waals surface area contributed by atoms with Gasteiger partial charge in [0.2, 0.25) is 0 Å². The Labute approximate surface area is 179 Å². The minimum atomic E-state index is -0.319. The lowest BCUT2D eigenvalue weighted by Crippen LogP contribution is -2.32. The minimum absolute atomic E-state index is 0.309. The van der Waals surface area contributed by atoms with Crippen molar-refractivity contribution in [3.63, 3.8) is 0 Å². The van der Waals surface area contributed by atoms with Crippen molar-refractivity contribution >= 4 is 34.8 Å². The lowest BCUT2D eigenvalue weighted by molar-refractivity contribution is -0.119. The van der Waals surface area contributed by atoms with E-state index in [1.165, 1.54) is 16.7 Å². The van der Waals surface area contributed by atoms with Gasteiger partial charge in [0.25, 0.3) is 11.8 Å². The number of methoxy groups -OCH3 is 1. The van der Waals surface area contributed by atoms with Gasteiger partial charge in [-0.3, -0.25) is 9.59 Å². The first-order valence-corrected chi connectivity index (χ1v) is 10.5. The molecule has 4 rings (SSSR count). The van der Waals surface area contributed by atoms with Crippen molar-refractivity contribution < 1.29 is 18.7 Å². The van der Waals surface area contributed by atoms with Gasteiger partial charge in [-0.15, -0.1) is 11.8 Å². The second-order valence-electron chi connectivity index (χ2n) is 6.97. The van der Waals surface area contributed by atoms with Crippen LogP contribution in [0, 0.1) is 13.8 Å². The molecule has 0 aliphatic carbocycles. The van der Waals surface area contributed by atoms with E-state index >= 15 is 0 Å². The summed E-state index contributed by atoms with van der Waals surface area (Å²) in [5.41, 5.74) is 3.63. The fourth-order valence-corrected chi connectivity index (χ4v) is 4.41. The van der Waals surface area contributed by atoms with Crippen molar-refractivity contribution in [1.82, 2.24) is 0 Å². The molecule has 6 heteroatoms. The van der Waals surface area contributed by atoms with Gasteiger partial charge in [0.05, 0.1) is 35.3 Å². The van der Waals surface area contributed by atoms with Crippen LogP contribution < -0.4 is 9.64 Å². The number of rotatable bonds is 6. The summed E-state index contributed by atoms with van der Waals surface area (Å²) in [4.78, 5) is 28.6. The average molecular weight is 420 g/mol. The second kappa shape index (κ2) is 8.24. The van der Waals surface area contributed by atoms with Gasteiger partial charge in [0, 0.05) is 0 Å². The topological polar surface area (TPSA) is 59.8 Å². The largest absolute Gasteiger partial charge is 0.497 e. The van der Waals surface area contributed by atoms with Gasteiger partial charge in [-0.25, -0.2) is 4.90 Å². The predicted molar refractivity (Wildman–Crippen MR) is 118 cm³/mol. The number of benzene rings is 2. The fourth-order valence-electron chi connectivity index (χ4n) is 3.39. The van der Waals surface area contributed by atoms with Crippen LogP contribution in [-0.4, -0.2) is 18.9 Å². The molecule has 0 N–H and O–H groups in total. The molecule has 2 aromatic carbocycles. The quantitative estimate of drug-likeness (QED) is 0.519. The molecule has 0 saturated carbocycles. The maximum atomic E-state index is 13.5. The second-order valence-corrected chi connectivity index (χ2v) is 7.95. The zero-order chi connectivity index (χ0) is 21.3. The Morgan fingerprint density at radius 3 is 2.40 bits per heavy atom. The summed E-state index contributed by atoms with van der Waals surface area (Å²) in [6.07, 6.45) is 1.60. The molecule has 0 bridgehead atoms. The van der Waals surface area contributed by atoms with Crippen molar-refractivity contribution in [1.29, 1.82) is 0 Å². The third-order valence-corrected chi connectivity index (χ3v) is 6.27. The van der Waals surface area contributed by atoms with Crippen molar-refractivity contribution in [2.24, 2.45) is 0 Å². The minimum Gasteiger partial charge on any atom is -0.497 e. The van der Waals surface area contributed by atoms with E-state index in [2.05, 4.69) is 0 Å². The first-order valence-electron chi connectivity index (χ1n) is 9.50. The Morgan fingerprint density at radius 1 is 0.967 bits per heavy atom. The van der Waals surface area contributed by atoms with Crippen LogP contribution in [0.4, 0.5) is 5.69 Å². The molecule has 0 saturated heterocycles.